The van der Waals surface area contributed by atoms with E-state index in [1.807, 2.05) is 32.0 Å². The first-order chi connectivity index (χ1) is 14.7. The van der Waals surface area contributed by atoms with Gasteiger partial charge in [0.25, 0.3) is 0 Å². The molecule has 0 radical (unpaired) electrons. The quantitative estimate of drug-likeness (QED) is 0.331. The number of hydrogen-bond acceptors (Lipinski definition) is 7. The van der Waals surface area contributed by atoms with Crippen LogP contribution in [0.1, 0.15) is 39.5 Å². The average Bonchev–Trinajstić information content (AvgIpc) is 3.14. The highest BCUT2D eigenvalue weighted by Crippen LogP contribution is 2.37. The largest absolute Gasteiger partial charge is 0.382 e. The van der Waals surface area contributed by atoms with Gasteiger partial charge in [0.2, 0.25) is 0 Å². The van der Waals surface area contributed by atoms with Crippen molar-refractivity contribution < 1.29 is 25.2 Å². The summed E-state index contributed by atoms with van der Waals surface area (Å²) in [5.41, 5.74) is 0.822. The minimum atomic E-state index is -3.62. The van der Waals surface area contributed by atoms with Crippen LogP contribution < -0.4 is 8.37 Å². The Bertz CT molecular complexity index is 1240. The smallest absolute Gasteiger partial charge is 0.309 e. The van der Waals surface area contributed by atoms with Crippen LogP contribution in [-0.2, 0) is 20.2 Å². The maximum atomic E-state index is 12.1. The van der Waals surface area contributed by atoms with Crippen LogP contribution in [0.25, 0.3) is 20.5 Å². The molecule has 0 aliphatic rings. The van der Waals surface area contributed by atoms with E-state index in [1.165, 1.54) is 11.3 Å². The fraction of sp³-hybridized carbons (Fsp3) is 0.364. The minimum Gasteiger partial charge on any atom is -0.382 e. The highest BCUT2D eigenvalue weighted by molar-refractivity contribution is 7.87. The topological polar surface area (TPSA) is 86.7 Å². The van der Waals surface area contributed by atoms with E-state index >= 15 is 0 Å². The second kappa shape index (κ2) is 10.0. The van der Waals surface area contributed by atoms with Gasteiger partial charge in [-0.2, -0.15) is 16.8 Å². The van der Waals surface area contributed by atoms with Crippen molar-refractivity contribution in [2.45, 2.75) is 39.5 Å². The number of rotatable bonds is 11. The first kappa shape index (κ1) is 23.6. The lowest BCUT2D eigenvalue weighted by atomic mass is 10.1. The summed E-state index contributed by atoms with van der Waals surface area (Å²) in [5.74, 6) is 0.541. The van der Waals surface area contributed by atoms with E-state index in [9.17, 15) is 16.8 Å². The molecule has 0 amide bonds. The second-order valence-corrected chi connectivity index (χ2v) is 11.7. The summed E-state index contributed by atoms with van der Waals surface area (Å²) in [5, 5.41) is 0.945. The van der Waals surface area contributed by atoms with E-state index in [-0.39, 0.29) is 23.0 Å². The molecule has 2 aromatic carbocycles. The summed E-state index contributed by atoms with van der Waals surface area (Å²) in [4.78, 5) is 0.914. The normalized spacial score (nSPS) is 12.2. The third-order valence-electron chi connectivity index (χ3n) is 4.55. The van der Waals surface area contributed by atoms with Crippen LogP contribution in [0.15, 0.2) is 48.5 Å². The molecule has 3 rings (SSSR count). The SMILES string of the molecule is CCCCS(=O)(=O)Oc1cccc(-c2cc3ccc(OS(=O)(=O)CCCC)cc3s2)c1. The highest BCUT2D eigenvalue weighted by atomic mass is 32.2. The molecule has 0 unspecified atom stereocenters. The summed E-state index contributed by atoms with van der Waals surface area (Å²) in [6, 6.07) is 14.1. The van der Waals surface area contributed by atoms with Crippen LogP contribution in [0.3, 0.4) is 0 Å². The number of hydrogen-bond donors (Lipinski definition) is 0. The summed E-state index contributed by atoms with van der Waals surface area (Å²) < 4.78 is 59.6. The Kier molecular flexibility index (Phi) is 7.61. The van der Waals surface area contributed by atoms with Crippen LogP contribution in [0, 0.1) is 0 Å². The van der Waals surface area contributed by atoms with E-state index < -0.39 is 20.2 Å². The predicted octanol–water partition coefficient (Wildman–Crippen LogP) is 5.59. The van der Waals surface area contributed by atoms with Gasteiger partial charge in [0.1, 0.15) is 11.5 Å². The minimum absolute atomic E-state index is 0.00875. The molecule has 0 atom stereocenters. The molecule has 1 aromatic heterocycles. The van der Waals surface area contributed by atoms with Gasteiger partial charge in [-0.25, -0.2) is 0 Å². The zero-order valence-electron chi connectivity index (χ0n) is 17.5. The molecular weight excluding hydrogens is 456 g/mol. The maximum absolute atomic E-state index is 12.1. The number of benzene rings is 2. The first-order valence-electron chi connectivity index (χ1n) is 10.2. The van der Waals surface area contributed by atoms with Crippen molar-refractivity contribution in [1.82, 2.24) is 0 Å². The van der Waals surface area contributed by atoms with Crippen LogP contribution in [-0.4, -0.2) is 28.3 Å². The van der Waals surface area contributed by atoms with E-state index in [4.69, 9.17) is 8.37 Å². The molecule has 6 nitrogen and oxygen atoms in total. The Balaban J connectivity index is 1.82. The molecular formula is C22H26O6S3. The predicted molar refractivity (Wildman–Crippen MR) is 126 cm³/mol. The molecule has 1 heterocycles. The average molecular weight is 483 g/mol. The molecule has 0 aliphatic heterocycles. The van der Waals surface area contributed by atoms with Crippen molar-refractivity contribution in [2.24, 2.45) is 0 Å². The van der Waals surface area contributed by atoms with Crippen LogP contribution in [0.5, 0.6) is 11.5 Å². The molecule has 3 aromatic rings. The third-order valence-corrected chi connectivity index (χ3v) is 8.17. The summed E-state index contributed by atoms with van der Waals surface area (Å²) in [7, 11) is -7.23. The van der Waals surface area contributed by atoms with Gasteiger partial charge in [0, 0.05) is 9.58 Å². The van der Waals surface area contributed by atoms with Crippen molar-refractivity contribution in [2.75, 3.05) is 11.5 Å². The molecule has 9 heteroatoms. The lowest BCUT2D eigenvalue weighted by Gasteiger charge is -2.07. The molecule has 0 saturated carbocycles. The lowest BCUT2D eigenvalue weighted by molar-refractivity contribution is 0.482. The van der Waals surface area contributed by atoms with E-state index in [0.717, 1.165) is 33.4 Å². The van der Waals surface area contributed by atoms with Crippen molar-refractivity contribution >= 4 is 41.7 Å². The van der Waals surface area contributed by atoms with Gasteiger partial charge >= 0.3 is 20.2 Å². The number of fused-ring (bicyclic) bond motifs is 1. The standard InChI is InChI=1S/C22H26O6S3/c1-3-5-12-30(23,24)27-19-9-7-8-17(14-19)21-15-18-10-11-20(16-22(18)29-21)28-31(25,26)13-6-4-2/h7-11,14-16H,3-6,12-13H2,1-2H3. The van der Waals surface area contributed by atoms with Gasteiger partial charge in [0.15, 0.2) is 0 Å². The molecule has 0 fully saturated rings. The Morgan fingerprint density at radius 3 is 2.00 bits per heavy atom. The first-order valence-corrected chi connectivity index (χ1v) is 14.2. The van der Waals surface area contributed by atoms with Crippen molar-refractivity contribution in [3.05, 3.63) is 48.5 Å². The molecule has 0 spiro atoms. The monoisotopic (exact) mass is 482 g/mol. The maximum Gasteiger partial charge on any atom is 0.309 e. The molecule has 31 heavy (non-hydrogen) atoms. The molecule has 0 bridgehead atoms. The van der Waals surface area contributed by atoms with E-state index in [0.29, 0.717) is 12.8 Å². The van der Waals surface area contributed by atoms with Crippen LogP contribution in [0.4, 0.5) is 0 Å². The van der Waals surface area contributed by atoms with Gasteiger partial charge in [0.05, 0.1) is 11.5 Å². The Hall–Kier alpha value is -2.10. The number of unbranched alkanes of at least 4 members (excludes halogenated alkanes) is 2. The van der Waals surface area contributed by atoms with Crippen molar-refractivity contribution in [3.8, 4) is 21.9 Å². The summed E-state index contributed by atoms with van der Waals surface area (Å²) in [6.45, 7) is 3.85. The Labute approximate surface area is 188 Å². The van der Waals surface area contributed by atoms with Gasteiger partial charge in [-0.1, -0.05) is 38.8 Å². The molecule has 0 N–H and O–H groups in total. The summed E-state index contributed by atoms with van der Waals surface area (Å²) >= 11 is 1.47. The lowest BCUT2D eigenvalue weighted by Crippen LogP contribution is -2.13. The van der Waals surface area contributed by atoms with E-state index in [2.05, 4.69) is 0 Å². The van der Waals surface area contributed by atoms with Gasteiger partial charge < -0.3 is 8.37 Å². The zero-order chi connectivity index (χ0) is 22.5. The van der Waals surface area contributed by atoms with Gasteiger partial charge in [-0.15, -0.1) is 11.3 Å². The third kappa shape index (κ3) is 6.69. The Morgan fingerprint density at radius 2 is 1.39 bits per heavy atom. The van der Waals surface area contributed by atoms with Crippen molar-refractivity contribution in [3.63, 3.8) is 0 Å². The highest BCUT2D eigenvalue weighted by Gasteiger charge is 2.15. The molecule has 168 valence electrons. The fourth-order valence-corrected chi connectivity index (χ4v) is 6.26. The van der Waals surface area contributed by atoms with Crippen molar-refractivity contribution in [1.29, 1.82) is 0 Å². The fourth-order valence-electron chi connectivity index (χ4n) is 2.93. The molecule has 0 saturated heterocycles. The summed E-state index contributed by atoms with van der Waals surface area (Å²) in [6.07, 6.45) is 2.66. The molecule has 0 aliphatic carbocycles. The van der Waals surface area contributed by atoms with Crippen LogP contribution >= 0.6 is 11.3 Å². The zero-order valence-corrected chi connectivity index (χ0v) is 20.0. The van der Waals surface area contributed by atoms with Gasteiger partial charge in [-0.3, -0.25) is 0 Å². The Morgan fingerprint density at radius 1 is 0.774 bits per heavy atom. The second-order valence-electron chi connectivity index (χ2n) is 7.24. The van der Waals surface area contributed by atoms with Gasteiger partial charge in [-0.05, 0) is 60.2 Å². The van der Waals surface area contributed by atoms with Crippen LogP contribution in [0.2, 0.25) is 0 Å². The number of thiophene rings is 1. The van der Waals surface area contributed by atoms with E-state index in [1.54, 1.807) is 30.3 Å².